The molecule has 0 radical (unpaired) electrons. The van der Waals surface area contributed by atoms with E-state index in [1.165, 1.54) is 38.5 Å². The molecule has 1 spiro atoms. The molecule has 0 amide bonds. The molecule has 2 N–H and O–H groups in total. The molecule has 1 aliphatic heterocycles. The van der Waals surface area contributed by atoms with Gasteiger partial charge in [0.15, 0.2) is 0 Å². The molecular formula is C30H50O3. The number of hydrogen-bond donors (Lipinski definition) is 2. The first kappa shape index (κ1) is 23.3. The minimum Gasteiger partial charge on any atom is -0.393 e. The number of aliphatic hydroxyl groups excluding tert-OH is 2. The molecule has 0 aromatic heterocycles. The summed E-state index contributed by atoms with van der Waals surface area (Å²) in [6.07, 6.45) is 11.0. The summed E-state index contributed by atoms with van der Waals surface area (Å²) in [6, 6.07) is 0. The van der Waals surface area contributed by atoms with Gasteiger partial charge in [-0.2, -0.15) is 0 Å². The van der Waals surface area contributed by atoms with Gasteiger partial charge in [0.2, 0.25) is 0 Å². The van der Waals surface area contributed by atoms with Gasteiger partial charge in [-0.05, 0) is 104 Å². The molecule has 1 saturated heterocycles. The summed E-state index contributed by atoms with van der Waals surface area (Å²) in [5, 5.41) is 22.8. The minimum absolute atomic E-state index is 0.00370. The Balaban J connectivity index is 1.45. The van der Waals surface area contributed by atoms with Crippen molar-refractivity contribution < 1.29 is 14.9 Å². The highest BCUT2D eigenvalue weighted by molar-refractivity contribution is 5.28. The highest BCUT2D eigenvalue weighted by Crippen LogP contribution is 2.80. The van der Waals surface area contributed by atoms with E-state index in [4.69, 9.17) is 4.74 Å². The Morgan fingerprint density at radius 3 is 2.09 bits per heavy atom. The average Bonchev–Trinajstić information content (AvgIpc) is 2.99. The van der Waals surface area contributed by atoms with Crippen molar-refractivity contribution in [3.05, 3.63) is 0 Å². The van der Waals surface area contributed by atoms with Gasteiger partial charge in [-0.3, -0.25) is 0 Å². The summed E-state index contributed by atoms with van der Waals surface area (Å²) in [5.41, 5.74) is 0.714. The largest absolute Gasteiger partial charge is 0.393 e. The van der Waals surface area contributed by atoms with Crippen LogP contribution >= 0.6 is 0 Å². The molecule has 10 atom stereocenters. The molecule has 6 fully saturated rings. The van der Waals surface area contributed by atoms with Crippen molar-refractivity contribution >= 4 is 0 Å². The first-order valence-electron chi connectivity index (χ1n) is 14.2. The molecule has 6 rings (SSSR count). The number of fused-ring (bicyclic) bond motifs is 4. The second kappa shape index (κ2) is 6.41. The monoisotopic (exact) mass is 458 g/mol. The fourth-order valence-corrected chi connectivity index (χ4v) is 12.0. The molecule has 33 heavy (non-hydrogen) atoms. The van der Waals surface area contributed by atoms with Gasteiger partial charge in [0.25, 0.3) is 0 Å². The predicted octanol–water partition coefficient (Wildman–Crippen LogP) is 6.35. The maximum absolute atomic E-state index is 11.9. The SMILES string of the molecule is CC1(C)CC[C@]23CO[C@@]4(CC[C@@H]5[C@@]6(C)CC[C@H](O)C(C)(C)[C@H]6CC[C@@]5(C)[C@]4(C)C[C@H]2O)[C@H]3C1. The van der Waals surface area contributed by atoms with Crippen LogP contribution < -0.4 is 0 Å². The summed E-state index contributed by atoms with van der Waals surface area (Å²) >= 11 is 0. The zero-order valence-corrected chi connectivity index (χ0v) is 22.5. The Kier molecular flexibility index (Phi) is 4.52. The summed E-state index contributed by atoms with van der Waals surface area (Å²) in [6.45, 7) is 18.1. The maximum Gasteiger partial charge on any atom is 0.0777 e. The van der Waals surface area contributed by atoms with E-state index in [0.717, 1.165) is 32.3 Å². The van der Waals surface area contributed by atoms with E-state index in [1.807, 2.05) is 0 Å². The van der Waals surface area contributed by atoms with Crippen molar-refractivity contribution in [1.29, 1.82) is 0 Å². The summed E-state index contributed by atoms with van der Waals surface area (Å²) < 4.78 is 7.11. The zero-order valence-electron chi connectivity index (χ0n) is 22.5. The molecule has 2 bridgehead atoms. The Bertz CT molecular complexity index is 849. The van der Waals surface area contributed by atoms with Crippen LogP contribution in [0.4, 0.5) is 0 Å². The van der Waals surface area contributed by atoms with Crippen molar-refractivity contribution in [3.8, 4) is 0 Å². The molecule has 3 heteroatoms. The lowest BCUT2D eigenvalue weighted by Gasteiger charge is -2.75. The molecule has 0 aromatic carbocycles. The van der Waals surface area contributed by atoms with Gasteiger partial charge < -0.3 is 14.9 Å². The lowest BCUT2D eigenvalue weighted by Crippen LogP contribution is -2.73. The van der Waals surface area contributed by atoms with Crippen molar-refractivity contribution in [2.24, 2.45) is 50.2 Å². The van der Waals surface area contributed by atoms with Crippen LogP contribution in [0, 0.1) is 50.2 Å². The smallest absolute Gasteiger partial charge is 0.0777 e. The topological polar surface area (TPSA) is 49.7 Å². The Morgan fingerprint density at radius 2 is 1.36 bits per heavy atom. The van der Waals surface area contributed by atoms with Gasteiger partial charge in [-0.25, -0.2) is 0 Å². The Hall–Kier alpha value is -0.120. The van der Waals surface area contributed by atoms with Gasteiger partial charge in [-0.15, -0.1) is 0 Å². The lowest BCUT2D eigenvalue weighted by molar-refractivity contribution is -0.298. The van der Waals surface area contributed by atoms with E-state index in [1.54, 1.807) is 0 Å². The van der Waals surface area contributed by atoms with Gasteiger partial charge in [0, 0.05) is 10.8 Å². The van der Waals surface area contributed by atoms with Crippen molar-refractivity contribution in [1.82, 2.24) is 0 Å². The highest BCUT2D eigenvalue weighted by atomic mass is 16.5. The van der Waals surface area contributed by atoms with Gasteiger partial charge in [0.05, 0.1) is 24.4 Å². The van der Waals surface area contributed by atoms with Crippen LogP contribution in [0.15, 0.2) is 0 Å². The van der Waals surface area contributed by atoms with Crippen LogP contribution in [0.3, 0.4) is 0 Å². The fraction of sp³-hybridized carbons (Fsp3) is 1.00. The highest BCUT2D eigenvalue weighted by Gasteiger charge is 2.79. The second-order valence-electron chi connectivity index (χ2n) is 15.9. The molecule has 6 aliphatic rings. The summed E-state index contributed by atoms with van der Waals surface area (Å²) in [4.78, 5) is 0. The third kappa shape index (κ3) is 2.45. The number of aliphatic hydroxyl groups is 2. The molecule has 1 heterocycles. The fourth-order valence-electron chi connectivity index (χ4n) is 12.0. The van der Waals surface area contributed by atoms with E-state index in [9.17, 15) is 10.2 Å². The van der Waals surface area contributed by atoms with Gasteiger partial charge in [0.1, 0.15) is 0 Å². The molecule has 5 aliphatic carbocycles. The summed E-state index contributed by atoms with van der Waals surface area (Å²) in [5.74, 6) is 1.72. The average molecular weight is 459 g/mol. The van der Waals surface area contributed by atoms with Crippen LogP contribution in [-0.4, -0.2) is 34.6 Å². The molecule has 0 unspecified atom stereocenters. The first-order valence-corrected chi connectivity index (χ1v) is 14.2. The van der Waals surface area contributed by atoms with Crippen LogP contribution in [0.1, 0.15) is 113 Å². The first-order chi connectivity index (χ1) is 15.2. The van der Waals surface area contributed by atoms with E-state index < -0.39 is 0 Å². The third-order valence-electron chi connectivity index (χ3n) is 14.2. The Morgan fingerprint density at radius 1 is 0.667 bits per heavy atom. The summed E-state index contributed by atoms with van der Waals surface area (Å²) in [7, 11) is 0. The van der Waals surface area contributed by atoms with Crippen LogP contribution in [0.2, 0.25) is 0 Å². The molecule has 0 aromatic rings. The standard InChI is InChI=1S/C30H50O3/c1-24(2)14-15-29-18-33-30(21(29)16-24)13-9-20-26(5)11-10-22(31)25(3,4)19(26)8-12-27(20,6)28(30,7)17-23(29)32/h19-23,31-32H,8-18H2,1-7H3/t19-,20-,21+,22+,23-,26+,27-,28+,29-,30+/m1/s1. The molecule has 3 nitrogen and oxygen atoms in total. The van der Waals surface area contributed by atoms with Crippen LogP contribution in [-0.2, 0) is 4.74 Å². The number of hydrogen-bond acceptors (Lipinski definition) is 3. The van der Waals surface area contributed by atoms with Gasteiger partial charge in [-0.1, -0.05) is 48.5 Å². The second-order valence-corrected chi connectivity index (χ2v) is 15.9. The molecule has 5 saturated carbocycles. The van der Waals surface area contributed by atoms with Crippen LogP contribution in [0.25, 0.3) is 0 Å². The zero-order chi connectivity index (χ0) is 23.9. The predicted molar refractivity (Wildman–Crippen MR) is 132 cm³/mol. The van der Waals surface area contributed by atoms with Crippen molar-refractivity contribution in [3.63, 3.8) is 0 Å². The minimum atomic E-state index is -0.232. The third-order valence-corrected chi connectivity index (χ3v) is 14.2. The number of rotatable bonds is 0. The van der Waals surface area contributed by atoms with E-state index >= 15 is 0 Å². The maximum atomic E-state index is 11.9. The number of ether oxygens (including phenoxy) is 1. The van der Waals surface area contributed by atoms with E-state index in [0.29, 0.717) is 23.2 Å². The quantitative estimate of drug-likeness (QED) is 0.444. The Labute approximate surface area is 202 Å². The van der Waals surface area contributed by atoms with Crippen molar-refractivity contribution in [2.45, 2.75) is 130 Å². The van der Waals surface area contributed by atoms with E-state index in [-0.39, 0.29) is 44.9 Å². The van der Waals surface area contributed by atoms with Crippen LogP contribution in [0.5, 0.6) is 0 Å². The van der Waals surface area contributed by atoms with E-state index in [2.05, 4.69) is 48.5 Å². The normalized spacial score (nSPS) is 60.8. The molecular weight excluding hydrogens is 408 g/mol. The van der Waals surface area contributed by atoms with Gasteiger partial charge >= 0.3 is 0 Å². The lowest BCUT2D eigenvalue weighted by atomic mass is 9.30. The molecule has 188 valence electrons. The van der Waals surface area contributed by atoms with Crippen molar-refractivity contribution in [2.75, 3.05) is 6.61 Å².